The van der Waals surface area contributed by atoms with Crippen LogP contribution in [0.5, 0.6) is 0 Å². The number of nitrogens with one attached hydrogen (secondary N) is 1. The fraction of sp³-hybridized carbons (Fsp3) is 0.619. The molecule has 0 bridgehead atoms. The minimum Gasteiger partial charge on any atom is -0.347 e. The van der Waals surface area contributed by atoms with Crippen molar-refractivity contribution in [1.29, 1.82) is 0 Å². The highest BCUT2D eigenvalue weighted by molar-refractivity contribution is 5.92. The number of carbonyl (C=O) groups is 1. The molecule has 0 aliphatic carbocycles. The summed E-state index contributed by atoms with van der Waals surface area (Å²) < 4.78 is 1.84. The third-order valence-corrected chi connectivity index (χ3v) is 3.99. The number of allylic oxidation sites excluding steroid dienone is 3. The molecule has 140 valence electrons. The number of carbonyl (C=O) groups excluding carboxylic acids is 1. The van der Waals surface area contributed by atoms with Crippen LogP contribution in [0.25, 0.3) is 0 Å². The lowest BCUT2D eigenvalue weighted by Gasteiger charge is -2.22. The van der Waals surface area contributed by atoms with Gasteiger partial charge in [-0.1, -0.05) is 37.1 Å². The molecular weight excluding hydrogens is 310 g/mol. The molecule has 4 nitrogen and oxygen atoms in total. The second kappa shape index (κ2) is 9.02. The van der Waals surface area contributed by atoms with Crippen LogP contribution in [0.15, 0.2) is 29.4 Å². The average Bonchev–Trinajstić information content (AvgIpc) is 2.92. The normalized spacial score (nSPS) is 12.4. The topological polar surface area (TPSA) is 46.9 Å². The lowest BCUT2D eigenvalue weighted by Crippen LogP contribution is -2.32. The number of amides is 1. The lowest BCUT2D eigenvalue weighted by molar-refractivity contribution is 0.0939. The molecule has 25 heavy (non-hydrogen) atoms. The maximum atomic E-state index is 12.6. The largest absolute Gasteiger partial charge is 0.347 e. The summed E-state index contributed by atoms with van der Waals surface area (Å²) in [7, 11) is 0. The van der Waals surface area contributed by atoms with Crippen molar-refractivity contribution in [2.24, 2.45) is 0 Å². The van der Waals surface area contributed by atoms with E-state index in [1.807, 2.05) is 10.7 Å². The fourth-order valence-corrected chi connectivity index (χ4v) is 2.45. The van der Waals surface area contributed by atoms with Gasteiger partial charge in [0.25, 0.3) is 5.91 Å². The Balaban J connectivity index is 2.76. The van der Waals surface area contributed by atoms with Gasteiger partial charge in [0.1, 0.15) is 5.69 Å². The van der Waals surface area contributed by atoms with Gasteiger partial charge in [-0.05, 0) is 66.4 Å². The van der Waals surface area contributed by atoms with Crippen molar-refractivity contribution < 1.29 is 4.79 Å². The molecule has 0 saturated carbocycles. The van der Waals surface area contributed by atoms with E-state index in [4.69, 9.17) is 0 Å². The van der Waals surface area contributed by atoms with E-state index in [2.05, 4.69) is 78.0 Å². The summed E-state index contributed by atoms with van der Waals surface area (Å²) in [5, 5.41) is 7.64. The zero-order chi connectivity index (χ0) is 19.2. The first kappa shape index (κ1) is 21.2. The molecular formula is C21H35N3O. The van der Waals surface area contributed by atoms with Crippen LogP contribution >= 0.6 is 0 Å². The van der Waals surface area contributed by atoms with Crippen LogP contribution in [0, 0.1) is 0 Å². The quantitative estimate of drug-likeness (QED) is 0.692. The van der Waals surface area contributed by atoms with Crippen LogP contribution < -0.4 is 5.32 Å². The first-order valence-electron chi connectivity index (χ1n) is 9.20. The molecule has 1 aromatic rings. The van der Waals surface area contributed by atoms with Gasteiger partial charge >= 0.3 is 0 Å². The number of hydrogen-bond donors (Lipinski definition) is 1. The molecule has 0 radical (unpaired) electrons. The Kier molecular flexibility index (Phi) is 7.65. The SMILES string of the molecule is CC(C)=CCC/C(C)=C/CNC(=O)c1cc(C(C)C)nn1C(C)(C)C. The summed E-state index contributed by atoms with van der Waals surface area (Å²) in [6, 6.07) is 1.91. The predicted molar refractivity (Wildman–Crippen MR) is 106 cm³/mol. The average molecular weight is 346 g/mol. The molecule has 0 aliphatic rings. The number of aromatic nitrogens is 2. The third kappa shape index (κ3) is 6.89. The summed E-state index contributed by atoms with van der Waals surface area (Å²) in [5.74, 6) is 0.232. The molecule has 0 aliphatic heterocycles. The van der Waals surface area contributed by atoms with Crippen LogP contribution in [0.2, 0.25) is 0 Å². The Hall–Kier alpha value is -1.84. The monoisotopic (exact) mass is 345 g/mol. The highest BCUT2D eigenvalue weighted by Gasteiger charge is 2.24. The van der Waals surface area contributed by atoms with Gasteiger partial charge < -0.3 is 5.32 Å². The Morgan fingerprint density at radius 1 is 1.24 bits per heavy atom. The second-order valence-electron chi connectivity index (χ2n) is 8.27. The molecule has 0 aromatic carbocycles. The number of nitrogens with zero attached hydrogens (tertiary/aromatic N) is 2. The maximum Gasteiger partial charge on any atom is 0.269 e. The molecule has 1 amide bonds. The molecule has 1 rings (SSSR count). The van der Waals surface area contributed by atoms with Crippen molar-refractivity contribution in [3.8, 4) is 0 Å². The van der Waals surface area contributed by atoms with E-state index >= 15 is 0 Å². The first-order valence-corrected chi connectivity index (χ1v) is 9.20. The molecule has 0 atom stereocenters. The van der Waals surface area contributed by atoms with E-state index < -0.39 is 0 Å². The van der Waals surface area contributed by atoms with Gasteiger partial charge in [0.2, 0.25) is 0 Å². The highest BCUT2D eigenvalue weighted by Crippen LogP contribution is 2.21. The molecule has 4 heteroatoms. The number of hydrogen-bond acceptors (Lipinski definition) is 2. The highest BCUT2D eigenvalue weighted by atomic mass is 16.2. The fourth-order valence-electron chi connectivity index (χ4n) is 2.45. The van der Waals surface area contributed by atoms with E-state index in [0.29, 0.717) is 18.2 Å². The lowest BCUT2D eigenvalue weighted by atomic mass is 10.1. The predicted octanol–water partition coefficient (Wildman–Crippen LogP) is 5.18. The second-order valence-corrected chi connectivity index (χ2v) is 8.27. The minimum absolute atomic E-state index is 0.0670. The maximum absolute atomic E-state index is 12.6. The summed E-state index contributed by atoms with van der Waals surface area (Å²) in [4.78, 5) is 12.6. The van der Waals surface area contributed by atoms with Crippen LogP contribution in [0.1, 0.15) is 90.3 Å². The van der Waals surface area contributed by atoms with E-state index in [-0.39, 0.29) is 11.4 Å². The van der Waals surface area contributed by atoms with Crippen LogP contribution in [0.3, 0.4) is 0 Å². The Morgan fingerprint density at radius 3 is 2.40 bits per heavy atom. The minimum atomic E-state index is -0.226. The van der Waals surface area contributed by atoms with Crippen molar-refractivity contribution >= 4 is 5.91 Å². The summed E-state index contributed by atoms with van der Waals surface area (Å²) in [6.45, 7) is 17.3. The van der Waals surface area contributed by atoms with Crippen LogP contribution in [0.4, 0.5) is 0 Å². The zero-order valence-electron chi connectivity index (χ0n) is 17.2. The molecule has 1 aromatic heterocycles. The van der Waals surface area contributed by atoms with E-state index in [1.54, 1.807) is 0 Å². The molecule has 1 N–H and O–H groups in total. The van der Waals surface area contributed by atoms with E-state index in [9.17, 15) is 4.79 Å². The summed E-state index contributed by atoms with van der Waals surface area (Å²) >= 11 is 0. The van der Waals surface area contributed by atoms with Crippen molar-refractivity contribution in [3.05, 3.63) is 40.8 Å². The smallest absolute Gasteiger partial charge is 0.269 e. The Morgan fingerprint density at radius 2 is 1.88 bits per heavy atom. The van der Waals surface area contributed by atoms with Gasteiger partial charge in [-0.2, -0.15) is 5.10 Å². The molecule has 0 unspecified atom stereocenters. The van der Waals surface area contributed by atoms with E-state index in [1.165, 1.54) is 11.1 Å². The van der Waals surface area contributed by atoms with Gasteiger partial charge in [0.05, 0.1) is 11.2 Å². The van der Waals surface area contributed by atoms with Crippen molar-refractivity contribution in [2.45, 2.75) is 79.7 Å². The Bertz CT molecular complexity index is 639. The van der Waals surface area contributed by atoms with Crippen LogP contribution in [-0.2, 0) is 5.54 Å². The van der Waals surface area contributed by atoms with Gasteiger partial charge in [-0.15, -0.1) is 0 Å². The van der Waals surface area contributed by atoms with Crippen molar-refractivity contribution in [3.63, 3.8) is 0 Å². The van der Waals surface area contributed by atoms with Gasteiger partial charge in [0, 0.05) is 6.54 Å². The van der Waals surface area contributed by atoms with Crippen LogP contribution in [-0.4, -0.2) is 22.2 Å². The standard InChI is InChI=1S/C21H35N3O/c1-15(2)10-9-11-17(5)12-13-22-20(25)19-14-18(16(3)4)23-24(19)21(6,7)8/h10,12,14,16H,9,11,13H2,1-8H3,(H,22,25)/b17-12+. The van der Waals surface area contributed by atoms with E-state index in [0.717, 1.165) is 18.5 Å². The van der Waals surface area contributed by atoms with Crippen molar-refractivity contribution in [2.75, 3.05) is 6.54 Å². The first-order chi connectivity index (χ1) is 11.5. The third-order valence-electron chi connectivity index (χ3n) is 3.99. The molecule has 0 fully saturated rings. The zero-order valence-corrected chi connectivity index (χ0v) is 17.2. The summed E-state index contributed by atoms with van der Waals surface area (Å²) in [5.41, 5.74) is 4.00. The Labute approximate surface area is 153 Å². The van der Waals surface area contributed by atoms with Gasteiger partial charge in [-0.3, -0.25) is 9.48 Å². The van der Waals surface area contributed by atoms with Gasteiger partial charge in [-0.25, -0.2) is 0 Å². The molecule has 1 heterocycles. The number of rotatable bonds is 7. The summed E-state index contributed by atoms with van der Waals surface area (Å²) in [6.07, 6.45) is 6.41. The van der Waals surface area contributed by atoms with Gasteiger partial charge in [0.15, 0.2) is 0 Å². The van der Waals surface area contributed by atoms with Crippen molar-refractivity contribution in [1.82, 2.24) is 15.1 Å². The molecule has 0 spiro atoms. The molecule has 0 saturated heterocycles.